The first-order chi connectivity index (χ1) is 13.1. The van der Waals surface area contributed by atoms with Gasteiger partial charge in [0.05, 0.1) is 32.2 Å². The van der Waals surface area contributed by atoms with Gasteiger partial charge in [-0.2, -0.15) is 5.26 Å². The number of benzene rings is 2. The maximum absolute atomic E-state index is 10.5. The Bertz CT molecular complexity index is 697. The van der Waals surface area contributed by atoms with Crippen molar-refractivity contribution in [1.82, 2.24) is 0 Å². The van der Waals surface area contributed by atoms with Gasteiger partial charge in [-0.15, -0.1) is 0 Å². The smallest absolute Gasteiger partial charge is 0.113 e. The summed E-state index contributed by atoms with van der Waals surface area (Å²) in [6, 6.07) is 24.0. The Kier molecular flexibility index (Phi) is 6.34. The minimum atomic E-state index is -0.592. The lowest BCUT2D eigenvalue weighted by molar-refractivity contribution is -0.933. The van der Waals surface area contributed by atoms with Crippen LogP contribution in [0.5, 0.6) is 0 Å². The molecule has 0 saturated carbocycles. The Morgan fingerprint density at radius 3 is 1.74 bits per heavy atom. The van der Waals surface area contributed by atoms with Crippen LogP contribution in [0.25, 0.3) is 0 Å². The van der Waals surface area contributed by atoms with Gasteiger partial charge in [0.25, 0.3) is 0 Å². The Balaban J connectivity index is 1.97. The standard InChI is InChI=1S/C25H33N2/c1-22(27(2)18-12-4-3-5-13-19-27)20-25(21-26,23-14-8-6-9-15-23)24-16-10-7-11-17-24/h6-11,14-17,22H,3-5,12-13,18-20H2,1-2H3/q+1. The zero-order valence-corrected chi connectivity index (χ0v) is 16.9. The molecule has 0 N–H and O–H groups in total. The third kappa shape index (κ3) is 4.25. The second-order valence-electron chi connectivity index (χ2n) is 8.50. The van der Waals surface area contributed by atoms with Crippen LogP contribution in [-0.2, 0) is 5.41 Å². The molecule has 0 aromatic heterocycles. The van der Waals surface area contributed by atoms with E-state index in [-0.39, 0.29) is 0 Å². The molecule has 2 aromatic rings. The summed E-state index contributed by atoms with van der Waals surface area (Å²) in [7, 11) is 2.41. The van der Waals surface area contributed by atoms with Gasteiger partial charge in [0.15, 0.2) is 0 Å². The average Bonchev–Trinajstić information content (AvgIpc) is 2.70. The van der Waals surface area contributed by atoms with Gasteiger partial charge in [0, 0.05) is 6.42 Å². The Morgan fingerprint density at radius 2 is 1.30 bits per heavy atom. The molecular weight excluding hydrogens is 328 g/mol. The van der Waals surface area contributed by atoms with Gasteiger partial charge in [0.2, 0.25) is 0 Å². The van der Waals surface area contributed by atoms with Crippen LogP contribution in [0.3, 0.4) is 0 Å². The van der Waals surface area contributed by atoms with Crippen LogP contribution >= 0.6 is 0 Å². The van der Waals surface area contributed by atoms with E-state index >= 15 is 0 Å². The van der Waals surface area contributed by atoms with Crippen molar-refractivity contribution in [2.75, 3.05) is 20.1 Å². The normalized spacial score (nSPS) is 18.7. The molecule has 1 atom stereocenters. The summed E-state index contributed by atoms with van der Waals surface area (Å²) in [4.78, 5) is 0. The van der Waals surface area contributed by atoms with E-state index in [1.54, 1.807) is 0 Å². The largest absolute Gasteiger partial charge is 0.324 e. The fraction of sp³-hybridized carbons (Fsp3) is 0.480. The zero-order valence-electron chi connectivity index (χ0n) is 16.9. The molecule has 1 aliphatic heterocycles. The summed E-state index contributed by atoms with van der Waals surface area (Å²) in [5, 5.41) is 10.5. The SMILES string of the molecule is CC(CC(C#N)(c1ccccc1)c1ccccc1)[N+]1(C)CCCCCCC1. The summed E-state index contributed by atoms with van der Waals surface area (Å²) in [6.45, 7) is 4.82. The summed E-state index contributed by atoms with van der Waals surface area (Å²) in [5.41, 5.74) is 1.64. The molecule has 2 aromatic carbocycles. The molecule has 2 heteroatoms. The lowest BCUT2D eigenvalue weighted by Crippen LogP contribution is -2.54. The number of hydrogen-bond donors (Lipinski definition) is 0. The molecule has 1 heterocycles. The second kappa shape index (κ2) is 8.72. The quantitative estimate of drug-likeness (QED) is 0.628. The summed E-state index contributed by atoms with van der Waals surface area (Å²) in [5.74, 6) is 0. The number of nitrogens with zero attached hydrogens (tertiary/aromatic N) is 2. The maximum atomic E-state index is 10.5. The number of rotatable bonds is 5. The van der Waals surface area contributed by atoms with E-state index in [0.29, 0.717) is 6.04 Å². The highest BCUT2D eigenvalue weighted by molar-refractivity contribution is 5.45. The third-order valence-electron chi connectivity index (χ3n) is 6.73. The zero-order chi connectivity index (χ0) is 19.2. The van der Waals surface area contributed by atoms with Crippen LogP contribution in [0.2, 0.25) is 0 Å². The highest BCUT2D eigenvalue weighted by Gasteiger charge is 2.41. The molecule has 27 heavy (non-hydrogen) atoms. The number of nitriles is 1. The molecule has 1 saturated heterocycles. The van der Waals surface area contributed by atoms with Gasteiger partial charge in [-0.05, 0) is 43.7 Å². The monoisotopic (exact) mass is 361 g/mol. The van der Waals surface area contributed by atoms with E-state index < -0.39 is 5.41 Å². The highest BCUT2D eigenvalue weighted by atomic mass is 15.3. The van der Waals surface area contributed by atoms with Crippen molar-refractivity contribution >= 4 is 0 Å². The van der Waals surface area contributed by atoms with E-state index in [1.807, 2.05) is 12.1 Å². The predicted molar refractivity (Wildman–Crippen MR) is 112 cm³/mol. The summed E-state index contributed by atoms with van der Waals surface area (Å²) in [6.07, 6.45) is 7.54. The Labute approximate surface area is 165 Å². The predicted octanol–water partition coefficient (Wildman–Crippen LogP) is 5.69. The highest BCUT2D eigenvalue weighted by Crippen LogP contribution is 2.38. The van der Waals surface area contributed by atoms with Gasteiger partial charge in [0.1, 0.15) is 5.41 Å². The lowest BCUT2D eigenvalue weighted by Gasteiger charge is -2.44. The number of hydrogen-bond acceptors (Lipinski definition) is 1. The van der Waals surface area contributed by atoms with Gasteiger partial charge in [-0.3, -0.25) is 0 Å². The van der Waals surface area contributed by atoms with Crippen LogP contribution in [0, 0.1) is 11.3 Å². The van der Waals surface area contributed by atoms with E-state index in [1.165, 1.54) is 45.2 Å². The van der Waals surface area contributed by atoms with Crippen molar-refractivity contribution in [1.29, 1.82) is 5.26 Å². The Morgan fingerprint density at radius 1 is 0.852 bits per heavy atom. The van der Waals surface area contributed by atoms with Gasteiger partial charge in [-0.1, -0.05) is 67.1 Å². The van der Waals surface area contributed by atoms with E-state index in [2.05, 4.69) is 68.6 Å². The molecule has 1 fully saturated rings. The Hall–Kier alpha value is -2.11. The van der Waals surface area contributed by atoms with Crippen molar-refractivity contribution in [2.45, 2.75) is 56.9 Å². The van der Waals surface area contributed by atoms with Gasteiger partial charge in [-0.25, -0.2) is 0 Å². The first kappa shape index (κ1) is 19.6. The maximum Gasteiger partial charge on any atom is 0.113 e. The first-order valence-electron chi connectivity index (χ1n) is 10.5. The summed E-state index contributed by atoms with van der Waals surface area (Å²) < 4.78 is 1.09. The van der Waals surface area contributed by atoms with Crippen LogP contribution < -0.4 is 0 Å². The van der Waals surface area contributed by atoms with Gasteiger partial charge >= 0.3 is 0 Å². The van der Waals surface area contributed by atoms with Crippen LogP contribution in [0.15, 0.2) is 60.7 Å². The van der Waals surface area contributed by atoms with Crippen molar-refractivity contribution in [2.24, 2.45) is 0 Å². The van der Waals surface area contributed by atoms with Crippen LogP contribution in [0.1, 0.15) is 56.6 Å². The van der Waals surface area contributed by atoms with E-state index in [0.717, 1.165) is 22.0 Å². The molecule has 142 valence electrons. The fourth-order valence-corrected chi connectivity index (χ4v) is 4.71. The number of likely N-dealkylation sites (tertiary alicyclic amines) is 1. The minimum Gasteiger partial charge on any atom is -0.324 e. The topological polar surface area (TPSA) is 23.8 Å². The summed E-state index contributed by atoms with van der Waals surface area (Å²) >= 11 is 0. The molecule has 2 nitrogen and oxygen atoms in total. The number of quaternary nitrogens is 1. The van der Waals surface area contributed by atoms with E-state index in [9.17, 15) is 5.26 Å². The molecule has 3 rings (SSSR count). The van der Waals surface area contributed by atoms with Crippen molar-refractivity contribution in [3.05, 3.63) is 71.8 Å². The molecule has 1 unspecified atom stereocenters. The molecule has 0 radical (unpaired) electrons. The van der Waals surface area contributed by atoms with Crippen molar-refractivity contribution in [3.63, 3.8) is 0 Å². The molecule has 0 aliphatic carbocycles. The van der Waals surface area contributed by atoms with Crippen molar-refractivity contribution in [3.8, 4) is 6.07 Å². The van der Waals surface area contributed by atoms with Crippen LogP contribution in [-0.4, -0.2) is 30.7 Å². The molecule has 0 spiro atoms. The second-order valence-corrected chi connectivity index (χ2v) is 8.50. The van der Waals surface area contributed by atoms with Gasteiger partial charge < -0.3 is 4.48 Å². The molecule has 0 bridgehead atoms. The van der Waals surface area contributed by atoms with Crippen molar-refractivity contribution < 1.29 is 4.48 Å². The lowest BCUT2D eigenvalue weighted by atomic mass is 9.71. The fourth-order valence-electron chi connectivity index (χ4n) is 4.71. The molecule has 1 aliphatic rings. The molecule has 0 amide bonds. The van der Waals surface area contributed by atoms with Crippen LogP contribution in [0.4, 0.5) is 0 Å². The minimum absolute atomic E-state index is 0.433. The molecular formula is C25H33N2+. The first-order valence-corrected chi connectivity index (χ1v) is 10.5. The van der Waals surface area contributed by atoms with E-state index in [4.69, 9.17) is 0 Å². The average molecular weight is 362 g/mol. The third-order valence-corrected chi connectivity index (χ3v) is 6.73.